The average Bonchev–Trinajstić information content (AvgIpc) is 2.68. The summed E-state index contributed by atoms with van der Waals surface area (Å²) in [6.45, 7) is 6.76. The molecule has 1 saturated carbocycles. The van der Waals surface area contributed by atoms with E-state index in [4.69, 9.17) is 9.47 Å². The summed E-state index contributed by atoms with van der Waals surface area (Å²) in [6, 6.07) is 0. The van der Waals surface area contributed by atoms with E-state index in [0.717, 1.165) is 0 Å². The van der Waals surface area contributed by atoms with Crippen molar-refractivity contribution in [3.05, 3.63) is 12.2 Å². The van der Waals surface area contributed by atoms with Crippen molar-refractivity contribution in [1.29, 1.82) is 0 Å². The van der Waals surface area contributed by atoms with Gasteiger partial charge < -0.3 is 14.8 Å². The zero-order chi connectivity index (χ0) is 14.9. The molecule has 1 amide bonds. The van der Waals surface area contributed by atoms with Gasteiger partial charge in [0.2, 0.25) is 5.91 Å². The van der Waals surface area contributed by atoms with Crippen molar-refractivity contribution < 1.29 is 23.9 Å². The smallest absolute Gasteiger partial charge is 0.325 e. The summed E-state index contributed by atoms with van der Waals surface area (Å²) in [6.07, 6.45) is 0.508. The summed E-state index contributed by atoms with van der Waals surface area (Å²) >= 11 is 0. The molecule has 0 aromatic carbocycles. The Kier molecular flexibility index (Phi) is 4.11. The Morgan fingerprint density at radius 3 is 2.80 bits per heavy atom. The lowest BCUT2D eigenvalue weighted by Crippen LogP contribution is -2.42. The van der Waals surface area contributed by atoms with Gasteiger partial charge in [0.1, 0.15) is 18.8 Å². The lowest BCUT2D eigenvalue weighted by atomic mass is 9.81. The van der Waals surface area contributed by atoms with Gasteiger partial charge in [-0.15, -0.1) is 0 Å². The Labute approximate surface area is 117 Å². The second-order valence-corrected chi connectivity index (χ2v) is 5.54. The summed E-state index contributed by atoms with van der Waals surface area (Å²) in [5, 5.41) is 2.42. The van der Waals surface area contributed by atoms with E-state index in [-0.39, 0.29) is 36.4 Å². The minimum Gasteiger partial charge on any atom is -0.458 e. The fourth-order valence-electron chi connectivity index (χ4n) is 2.70. The quantitative estimate of drug-likeness (QED) is 0.601. The predicted molar refractivity (Wildman–Crippen MR) is 69.5 cm³/mol. The number of carbonyl (C=O) groups is 3. The van der Waals surface area contributed by atoms with Gasteiger partial charge in [-0.3, -0.25) is 14.4 Å². The van der Waals surface area contributed by atoms with E-state index in [1.165, 1.54) is 0 Å². The summed E-state index contributed by atoms with van der Waals surface area (Å²) in [5.41, 5.74) is 0.330. The van der Waals surface area contributed by atoms with Gasteiger partial charge >= 0.3 is 11.9 Å². The standard InChI is InChI=1S/C14H19NO5/c1-7(2)13(17)15-6-11(16)20-12-8(3)4-9-5-10(12)19-14(9)18/h8-10,12H,1,4-6H2,2-3H3,(H,15,17). The number of hydrogen-bond acceptors (Lipinski definition) is 5. The third kappa shape index (κ3) is 3.00. The number of carbonyl (C=O) groups excluding carboxylic acids is 3. The van der Waals surface area contributed by atoms with E-state index in [9.17, 15) is 14.4 Å². The van der Waals surface area contributed by atoms with Gasteiger partial charge in [0, 0.05) is 12.0 Å². The molecule has 1 N–H and O–H groups in total. The predicted octanol–water partition coefficient (Wildman–Crippen LogP) is 0.562. The molecular formula is C14H19NO5. The van der Waals surface area contributed by atoms with Crippen molar-refractivity contribution in [2.24, 2.45) is 11.8 Å². The SMILES string of the molecule is C=C(C)C(=O)NCC(=O)OC1C(C)CC2CC1OC2=O. The molecular weight excluding hydrogens is 262 g/mol. The minimum atomic E-state index is -0.530. The van der Waals surface area contributed by atoms with Crippen LogP contribution in [0.25, 0.3) is 0 Å². The Bertz CT molecular complexity index is 458. The first kappa shape index (κ1) is 14.6. The molecule has 1 heterocycles. The highest BCUT2D eigenvalue weighted by Crippen LogP contribution is 2.39. The molecule has 2 rings (SSSR count). The maximum absolute atomic E-state index is 11.7. The molecule has 2 bridgehead atoms. The first-order chi connectivity index (χ1) is 9.38. The summed E-state index contributed by atoms with van der Waals surface area (Å²) < 4.78 is 10.6. The van der Waals surface area contributed by atoms with Crippen LogP contribution in [0.15, 0.2) is 12.2 Å². The third-order valence-electron chi connectivity index (χ3n) is 3.75. The molecule has 2 fully saturated rings. The van der Waals surface area contributed by atoms with Gasteiger partial charge in [0.25, 0.3) is 0 Å². The van der Waals surface area contributed by atoms with E-state index in [0.29, 0.717) is 18.4 Å². The van der Waals surface area contributed by atoms with Crippen LogP contribution in [0.2, 0.25) is 0 Å². The lowest BCUT2D eigenvalue weighted by molar-refractivity contribution is -0.163. The van der Waals surface area contributed by atoms with Gasteiger partial charge in [-0.1, -0.05) is 13.5 Å². The fourth-order valence-corrected chi connectivity index (χ4v) is 2.70. The molecule has 6 heteroatoms. The monoisotopic (exact) mass is 281 g/mol. The van der Waals surface area contributed by atoms with Crippen LogP contribution in [0.1, 0.15) is 26.7 Å². The Morgan fingerprint density at radius 1 is 1.45 bits per heavy atom. The van der Waals surface area contributed by atoms with Crippen molar-refractivity contribution in [3.8, 4) is 0 Å². The zero-order valence-electron chi connectivity index (χ0n) is 11.7. The highest BCUT2D eigenvalue weighted by atomic mass is 16.6. The first-order valence-electron chi connectivity index (χ1n) is 6.72. The average molecular weight is 281 g/mol. The molecule has 1 saturated heterocycles. The van der Waals surface area contributed by atoms with E-state index in [2.05, 4.69) is 11.9 Å². The van der Waals surface area contributed by atoms with Gasteiger partial charge in [-0.25, -0.2) is 0 Å². The highest BCUT2D eigenvalue weighted by Gasteiger charge is 2.48. The largest absolute Gasteiger partial charge is 0.458 e. The molecule has 4 atom stereocenters. The summed E-state index contributed by atoms with van der Waals surface area (Å²) in [5.74, 6) is -1.10. The molecule has 0 aromatic heterocycles. The van der Waals surface area contributed by atoms with Crippen LogP contribution in [0.3, 0.4) is 0 Å². The summed E-state index contributed by atoms with van der Waals surface area (Å²) in [7, 11) is 0. The molecule has 1 aliphatic carbocycles. The molecule has 1 aliphatic heterocycles. The van der Waals surface area contributed by atoms with Crippen LogP contribution in [0.4, 0.5) is 0 Å². The number of rotatable bonds is 4. The molecule has 20 heavy (non-hydrogen) atoms. The Balaban J connectivity index is 1.86. The molecule has 110 valence electrons. The van der Waals surface area contributed by atoms with Crippen LogP contribution in [-0.4, -0.2) is 36.6 Å². The second kappa shape index (κ2) is 5.64. The van der Waals surface area contributed by atoms with Crippen LogP contribution < -0.4 is 5.32 Å². The molecule has 0 spiro atoms. The molecule has 2 aliphatic rings. The third-order valence-corrected chi connectivity index (χ3v) is 3.75. The summed E-state index contributed by atoms with van der Waals surface area (Å²) in [4.78, 5) is 34.5. The lowest BCUT2D eigenvalue weighted by Gasteiger charge is -2.31. The van der Waals surface area contributed by atoms with E-state index < -0.39 is 12.1 Å². The Hall–Kier alpha value is -1.85. The highest BCUT2D eigenvalue weighted by molar-refractivity contribution is 5.94. The van der Waals surface area contributed by atoms with E-state index >= 15 is 0 Å². The maximum Gasteiger partial charge on any atom is 0.325 e. The van der Waals surface area contributed by atoms with E-state index in [1.54, 1.807) is 6.92 Å². The second-order valence-electron chi connectivity index (χ2n) is 5.54. The van der Waals surface area contributed by atoms with Crippen LogP contribution in [-0.2, 0) is 23.9 Å². The molecule has 0 aromatic rings. The number of nitrogens with one attached hydrogen (secondary N) is 1. The number of amides is 1. The molecule has 6 nitrogen and oxygen atoms in total. The number of fused-ring (bicyclic) bond motifs is 2. The number of hydrogen-bond donors (Lipinski definition) is 1. The minimum absolute atomic E-state index is 0.0620. The number of esters is 2. The van der Waals surface area contributed by atoms with Crippen molar-refractivity contribution >= 4 is 17.8 Å². The van der Waals surface area contributed by atoms with Gasteiger partial charge in [-0.2, -0.15) is 0 Å². The van der Waals surface area contributed by atoms with Crippen molar-refractivity contribution in [3.63, 3.8) is 0 Å². The van der Waals surface area contributed by atoms with Crippen molar-refractivity contribution in [1.82, 2.24) is 5.32 Å². The van der Waals surface area contributed by atoms with Gasteiger partial charge in [0.05, 0.1) is 5.92 Å². The van der Waals surface area contributed by atoms with Crippen LogP contribution in [0, 0.1) is 11.8 Å². The zero-order valence-corrected chi connectivity index (χ0v) is 11.7. The molecule has 4 unspecified atom stereocenters. The van der Waals surface area contributed by atoms with Crippen molar-refractivity contribution in [2.75, 3.05) is 6.54 Å². The van der Waals surface area contributed by atoms with E-state index in [1.807, 2.05) is 6.92 Å². The molecule has 0 radical (unpaired) electrons. The van der Waals surface area contributed by atoms with Crippen LogP contribution in [0.5, 0.6) is 0 Å². The number of ether oxygens (including phenoxy) is 2. The topological polar surface area (TPSA) is 81.7 Å². The maximum atomic E-state index is 11.7. The normalized spacial score (nSPS) is 31.4. The Morgan fingerprint density at radius 2 is 2.15 bits per heavy atom. The fraction of sp³-hybridized carbons (Fsp3) is 0.643. The van der Waals surface area contributed by atoms with Crippen molar-refractivity contribution in [2.45, 2.75) is 38.9 Å². The van der Waals surface area contributed by atoms with Gasteiger partial charge in [-0.05, 0) is 19.3 Å². The van der Waals surface area contributed by atoms with Gasteiger partial charge in [0.15, 0.2) is 0 Å². The van der Waals surface area contributed by atoms with Crippen LogP contribution >= 0.6 is 0 Å². The first-order valence-corrected chi connectivity index (χ1v) is 6.72.